The van der Waals surface area contributed by atoms with Gasteiger partial charge in [-0.2, -0.15) is 0 Å². The molecule has 0 saturated heterocycles. The molecule has 3 aromatic rings. The van der Waals surface area contributed by atoms with E-state index in [0.29, 0.717) is 30.2 Å². The zero-order chi connectivity index (χ0) is 21.6. The van der Waals surface area contributed by atoms with Gasteiger partial charge in [-0.05, 0) is 42.5 Å². The molecule has 30 heavy (non-hydrogen) atoms. The maximum atomic E-state index is 12.7. The Bertz CT molecular complexity index is 1100. The molecule has 1 heterocycles. The van der Waals surface area contributed by atoms with Gasteiger partial charge in [0, 0.05) is 28.8 Å². The quantitative estimate of drug-likeness (QED) is 0.420. The van der Waals surface area contributed by atoms with Crippen LogP contribution in [0.3, 0.4) is 0 Å². The van der Waals surface area contributed by atoms with Gasteiger partial charge >= 0.3 is 0 Å². The average Bonchev–Trinajstić information content (AvgIpc) is 3.22. The average molecular weight is 512 g/mol. The molecule has 0 saturated carbocycles. The van der Waals surface area contributed by atoms with Gasteiger partial charge in [-0.1, -0.05) is 15.9 Å². The second-order valence-corrected chi connectivity index (χ2v) is 9.40. The number of hydrogen-bond acceptors (Lipinski definition) is 7. The Morgan fingerprint density at radius 3 is 2.60 bits per heavy atom. The Labute approximate surface area is 186 Å². The standard InChI is InChI=1S/C19H18BrN3O5S2/c1-27-9-10-28-17-7-2-13(20)12-16(17)18(24)22-14-3-5-15(6-4-14)30(25,26)23-19-21-8-11-29-19/h2-8,11-12H,9-10H2,1H3,(H,21,23)(H,22,24). The number of sulfonamides is 1. The molecule has 2 aromatic carbocycles. The molecule has 0 unspecified atom stereocenters. The van der Waals surface area contributed by atoms with Crippen LogP contribution >= 0.6 is 27.3 Å². The van der Waals surface area contributed by atoms with Gasteiger partial charge in [-0.25, -0.2) is 13.4 Å². The number of anilines is 2. The van der Waals surface area contributed by atoms with E-state index in [0.717, 1.165) is 4.47 Å². The summed E-state index contributed by atoms with van der Waals surface area (Å²) < 4.78 is 38.5. The predicted octanol–water partition coefficient (Wildman–Crippen LogP) is 3.98. The van der Waals surface area contributed by atoms with E-state index in [1.54, 1.807) is 30.7 Å². The van der Waals surface area contributed by atoms with Crippen molar-refractivity contribution in [3.8, 4) is 5.75 Å². The first-order valence-corrected chi connectivity index (χ1v) is 11.8. The van der Waals surface area contributed by atoms with Crippen molar-refractivity contribution in [3.63, 3.8) is 0 Å². The summed E-state index contributed by atoms with van der Waals surface area (Å²) in [4.78, 5) is 16.7. The summed E-state index contributed by atoms with van der Waals surface area (Å²) in [6.45, 7) is 0.694. The van der Waals surface area contributed by atoms with Crippen molar-refractivity contribution >= 4 is 54.0 Å². The van der Waals surface area contributed by atoms with Crippen LogP contribution in [-0.4, -0.2) is 39.6 Å². The van der Waals surface area contributed by atoms with E-state index in [2.05, 4.69) is 31.0 Å². The fourth-order valence-electron chi connectivity index (χ4n) is 2.40. The van der Waals surface area contributed by atoms with Crippen LogP contribution in [0.5, 0.6) is 5.75 Å². The Morgan fingerprint density at radius 2 is 1.93 bits per heavy atom. The minimum atomic E-state index is -3.76. The smallest absolute Gasteiger partial charge is 0.263 e. The molecular formula is C19H18BrN3O5S2. The molecule has 0 aliphatic heterocycles. The maximum Gasteiger partial charge on any atom is 0.263 e. The predicted molar refractivity (Wildman–Crippen MR) is 119 cm³/mol. The molecule has 0 bridgehead atoms. The van der Waals surface area contributed by atoms with Gasteiger partial charge in [0.1, 0.15) is 12.4 Å². The summed E-state index contributed by atoms with van der Waals surface area (Å²) in [5.41, 5.74) is 0.777. The van der Waals surface area contributed by atoms with Gasteiger partial charge in [0.05, 0.1) is 17.1 Å². The third-order valence-corrected chi connectivity index (χ3v) is 6.47. The lowest BCUT2D eigenvalue weighted by atomic mass is 10.2. The van der Waals surface area contributed by atoms with Crippen molar-refractivity contribution in [1.82, 2.24) is 4.98 Å². The highest BCUT2D eigenvalue weighted by Crippen LogP contribution is 2.25. The molecule has 0 radical (unpaired) electrons. The van der Waals surface area contributed by atoms with Crippen molar-refractivity contribution in [1.29, 1.82) is 0 Å². The van der Waals surface area contributed by atoms with Crippen LogP contribution < -0.4 is 14.8 Å². The van der Waals surface area contributed by atoms with Crippen LogP contribution in [0, 0.1) is 0 Å². The molecule has 0 atom stereocenters. The number of carbonyl (C=O) groups is 1. The van der Waals surface area contributed by atoms with E-state index >= 15 is 0 Å². The van der Waals surface area contributed by atoms with E-state index in [1.807, 2.05) is 0 Å². The first-order chi connectivity index (χ1) is 14.4. The molecule has 1 aromatic heterocycles. The van der Waals surface area contributed by atoms with Crippen molar-refractivity contribution < 1.29 is 22.7 Å². The molecule has 0 aliphatic rings. The molecule has 3 rings (SSSR count). The van der Waals surface area contributed by atoms with E-state index in [-0.39, 0.29) is 15.9 Å². The summed E-state index contributed by atoms with van der Waals surface area (Å²) in [6.07, 6.45) is 1.51. The first kappa shape index (κ1) is 22.2. The molecular weight excluding hydrogens is 494 g/mol. The number of nitrogens with one attached hydrogen (secondary N) is 2. The summed E-state index contributed by atoms with van der Waals surface area (Å²) >= 11 is 4.53. The normalized spacial score (nSPS) is 11.1. The first-order valence-electron chi connectivity index (χ1n) is 8.64. The van der Waals surface area contributed by atoms with Crippen LogP contribution in [0.25, 0.3) is 0 Å². The number of thiazole rings is 1. The number of carbonyl (C=O) groups excluding carboxylic acids is 1. The third kappa shape index (κ3) is 5.79. The highest BCUT2D eigenvalue weighted by Gasteiger charge is 2.17. The molecule has 0 aliphatic carbocycles. The minimum Gasteiger partial charge on any atom is -0.490 e. The number of hydrogen-bond donors (Lipinski definition) is 2. The van der Waals surface area contributed by atoms with Gasteiger partial charge in [0.15, 0.2) is 5.13 Å². The fraction of sp³-hybridized carbons (Fsp3) is 0.158. The van der Waals surface area contributed by atoms with Crippen LogP contribution in [0.15, 0.2) is 63.4 Å². The largest absolute Gasteiger partial charge is 0.490 e. The van der Waals surface area contributed by atoms with E-state index in [4.69, 9.17) is 9.47 Å². The zero-order valence-electron chi connectivity index (χ0n) is 15.8. The highest BCUT2D eigenvalue weighted by atomic mass is 79.9. The number of rotatable bonds is 9. The Hall–Kier alpha value is -2.47. The van der Waals surface area contributed by atoms with Gasteiger partial charge in [-0.15, -0.1) is 11.3 Å². The van der Waals surface area contributed by atoms with Gasteiger partial charge < -0.3 is 14.8 Å². The Balaban J connectivity index is 1.72. The third-order valence-electron chi connectivity index (χ3n) is 3.81. The monoisotopic (exact) mass is 511 g/mol. The van der Waals surface area contributed by atoms with Crippen LogP contribution in [0.4, 0.5) is 10.8 Å². The van der Waals surface area contributed by atoms with Crippen LogP contribution in [-0.2, 0) is 14.8 Å². The van der Waals surface area contributed by atoms with Gasteiger partial charge in [0.25, 0.3) is 15.9 Å². The molecule has 2 N–H and O–H groups in total. The number of nitrogens with zero attached hydrogens (tertiary/aromatic N) is 1. The number of amides is 1. The molecule has 0 spiro atoms. The number of methoxy groups -OCH3 is 1. The van der Waals surface area contributed by atoms with E-state index in [9.17, 15) is 13.2 Å². The van der Waals surface area contributed by atoms with Crippen molar-refractivity contribution in [2.24, 2.45) is 0 Å². The number of halogens is 1. The molecule has 1 amide bonds. The topological polar surface area (TPSA) is 107 Å². The molecule has 8 nitrogen and oxygen atoms in total. The fourth-order valence-corrected chi connectivity index (χ4v) is 4.55. The number of aromatic nitrogens is 1. The summed E-state index contributed by atoms with van der Waals surface area (Å²) in [7, 11) is -2.19. The van der Waals surface area contributed by atoms with Gasteiger partial charge in [-0.3, -0.25) is 9.52 Å². The Morgan fingerprint density at radius 1 is 1.17 bits per heavy atom. The van der Waals surface area contributed by atoms with Crippen LogP contribution in [0.1, 0.15) is 10.4 Å². The van der Waals surface area contributed by atoms with Gasteiger partial charge in [0.2, 0.25) is 0 Å². The zero-order valence-corrected chi connectivity index (χ0v) is 19.0. The second kappa shape index (κ2) is 10.0. The molecule has 0 fully saturated rings. The van der Waals surface area contributed by atoms with Crippen molar-refractivity contribution in [3.05, 3.63) is 64.1 Å². The minimum absolute atomic E-state index is 0.0572. The van der Waals surface area contributed by atoms with Crippen molar-refractivity contribution in [2.45, 2.75) is 4.90 Å². The van der Waals surface area contributed by atoms with E-state index < -0.39 is 10.0 Å². The summed E-state index contributed by atoms with van der Waals surface area (Å²) in [5, 5.41) is 4.70. The molecule has 11 heteroatoms. The lowest BCUT2D eigenvalue weighted by Crippen LogP contribution is -2.15. The number of benzene rings is 2. The lowest BCUT2D eigenvalue weighted by Gasteiger charge is -2.12. The van der Waals surface area contributed by atoms with E-state index in [1.165, 1.54) is 41.8 Å². The Kier molecular flexibility index (Phi) is 7.43. The SMILES string of the molecule is COCCOc1ccc(Br)cc1C(=O)Nc1ccc(S(=O)(=O)Nc2nccs2)cc1. The summed E-state index contributed by atoms with van der Waals surface area (Å²) in [6, 6.07) is 10.9. The van der Waals surface area contributed by atoms with Crippen molar-refractivity contribution in [2.75, 3.05) is 30.4 Å². The second-order valence-electron chi connectivity index (χ2n) is 5.90. The number of ether oxygens (including phenoxy) is 2. The van der Waals surface area contributed by atoms with Crippen LogP contribution in [0.2, 0.25) is 0 Å². The molecule has 158 valence electrons. The maximum absolute atomic E-state index is 12.7. The summed E-state index contributed by atoms with van der Waals surface area (Å²) in [5.74, 6) is 0.0276. The lowest BCUT2D eigenvalue weighted by molar-refractivity contribution is 0.101. The highest BCUT2D eigenvalue weighted by molar-refractivity contribution is 9.10.